The first-order valence-electron chi connectivity index (χ1n) is 4.24. The minimum atomic E-state index is -0.700. The summed E-state index contributed by atoms with van der Waals surface area (Å²) >= 11 is 14.9. The van der Waals surface area contributed by atoms with E-state index in [9.17, 15) is 4.79 Å². The van der Waals surface area contributed by atoms with Crippen molar-refractivity contribution in [1.82, 2.24) is 0 Å². The first kappa shape index (κ1) is 13.6. The van der Waals surface area contributed by atoms with Crippen molar-refractivity contribution in [2.45, 2.75) is 0 Å². The molecular weight excluding hydrogens is 321 g/mol. The number of nitrogens with one attached hydrogen (secondary N) is 1. The van der Waals surface area contributed by atoms with Crippen molar-refractivity contribution in [2.75, 3.05) is 18.5 Å². The molecule has 1 rings (SSSR count). The highest BCUT2D eigenvalue weighted by Crippen LogP contribution is 2.35. The first-order valence-corrected chi connectivity index (χ1v) is 5.79. The second-order valence-electron chi connectivity index (χ2n) is 2.71. The molecule has 0 radical (unpaired) electrons. The molecule has 1 aromatic rings. The van der Waals surface area contributed by atoms with Crippen LogP contribution in [0.5, 0.6) is 0 Å². The van der Waals surface area contributed by atoms with Crippen molar-refractivity contribution in [2.24, 2.45) is 0 Å². The number of hydrogen-bond donors (Lipinski definition) is 2. The van der Waals surface area contributed by atoms with E-state index in [2.05, 4.69) is 26.0 Å². The largest absolute Gasteiger partial charge is 0.447 e. The fraction of sp³-hybridized carbons (Fsp3) is 0.222. The van der Waals surface area contributed by atoms with Crippen LogP contribution >= 0.6 is 39.1 Å². The van der Waals surface area contributed by atoms with Gasteiger partial charge < -0.3 is 9.84 Å². The smallest absolute Gasteiger partial charge is 0.411 e. The van der Waals surface area contributed by atoms with Crippen molar-refractivity contribution < 1.29 is 14.6 Å². The van der Waals surface area contributed by atoms with Crippen LogP contribution in [0.2, 0.25) is 10.0 Å². The lowest BCUT2D eigenvalue weighted by Gasteiger charge is -2.09. The van der Waals surface area contributed by atoms with Gasteiger partial charge in [-0.15, -0.1) is 0 Å². The van der Waals surface area contributed by atoms with Gasteiger partial charge in [0.1, 0.15) is 6.61 Å². The molecule has 1 amide bonds. The van der Waals surface area contributed by atoms with Crippen LogP contribution in [0.1, 0.15) is 0 Å². The maximum Gasteiger partial charge on any atom is 0.411 e. The Morgan fingerprint density at radius 3 is 2.75 bits per heavy atom. The molecule has 16 heavy (non-hydrogen) atoms. The second kappa shape index (κ2) is 6.30. The number of benzene rings is 1. The molecule has 2 N–H and O–H groups in total. The molecule has 4 nitrogen and oxygen atoms in total. The molecule has 0 bridgehead atoms. The summed E-state index contributed by atoms with van der Waals surface area (Å²) in [5, 5.41) is 11.4. The van der Waals surface area contributed by atoms with Gasteiger partial charge in [0.2, 0.25) is 0 Å². The SMILES string of the molecule is O=C(Nc1ccc(Br)c(Cl)c1Cl)OCCO. The van der Waals surface area contributed by atoms with Crippen LogP contribution in [0.3, 0.4) is 0 Å². The molecule has 7 heteroatoms. The Morgan fingerprint density at radius 1 is 1.44 bits per heavy atom. The number of hydrogen-bond acceptors (Lipinski definition) is 3. The van der Waals surface area contributed by atoms with Gasteiger partial charge in [-0.05, 0) is 28.1 Å². The maximum absolute atomic E-state index is 11.2. The van der Waals surface area contributed by atoms with E-state index in [-0.39, 0.29) is 18.2 Å². The summed E-state index contributed by atoms with van der Waals surface area (Å²) in [4.78, 5) is 11.2. The molecule has 0 aromatic heterocycles. The van der Waals surface area contributed by atoms with E-state index in [0.29, 0.717) is 15.2 Å². The summed E-state index contributed by atoms with van der Waals surface area (Å²) in [5.41, 5.74) is 0.345. The van der Waals surface area contributed by atoms with Crippen molar-refractivity contribution >= 4 is 50.9 Å². The highest BCUT2D eigenvalue weighted by atomic mass is 79.9. The maximum atomic E-state index is 11.2. The lowest BCUT2D eigenvalue weighted by molar-refractivity contribution is 0.131. The van der Waals surface area contributed by atoms with Gasteiger partial charge in [-0.2, -0.15) is 0 Å². The standard InChI is InChI=1S/C9H8BrCl2NO3/c10-5-1-2-6(8(12)7(5)11)13-9(15)16-4-3-14/h1-2,14H,3-4H2,(H,13,15). The van der Waals surface area contributed by atoms with E-state index in [0.717, 1.165) is 0 Å². The van der Waals surface area contributed by atoms with Crippen LogP contribution in [-0.4, -0.2) is 24.4 Å². The van der Waals surface area contributed by atoms with Gasteiger partial charge in [0, 0.05) is 4.47 Å². The third kappa shape index (κ3) is 3.52. The predicted octanol–water partition coefficient (Wildman–Crippen LogP) is 3.30. The number of aliphatic hydroxyl groups excluding tert-OH is 1. The molecule has 0 atom stereocenters. The van der Waals surface area contributed by atoms with Crippen molar-refractivity contribution in [3.63, 3.8) is 0 Å². The van der Waals surface area contributed by atoms with E-state index in [1.54, 1.807) is 12.1 Å². The molecule has 0 fully saturated rings. The van der Waals surface area contributed by atoms with Crippen molar-refractivity contribution in [3.05, 3.63) is 26.7 Å². The Kier molecular flexibility index (Phi) is 5.34. The van der Waals surface area contributed by atoms with Gasteiger partial charge >= 0.3 is 6.09 Å². The number of amides is 1. The topological polar surface area (TPSA) is 58.6 Å². The summed E-state index contributed by atoms with van der Waals surface area (Å²) in [7, 11) is 0. The zero-order valence-electron chi connectivity index (χ0n) is 7.97. The van der Waals surface area contributed by atoms with Gasteiger partial charge in [-0.25, -0.2) is 4.79 Å². The lowest BCUT2D eigenvalue weighted by Crippen LogP contribution is -2.16. The number of halogens is 3. The van der Waals surface area contributed by atoms with Crippen LogP contribution in [0.15, 0.2) is 16.6 Å². The Morgan fingerprint density at radius 2 is 2.12 bits per heavy atom. The zero-order chi connectivity index (χ0) is 12.1. The minimum Gasteiger partial charge on any atom is -0.447 e. The molecule has 0 saturated heterocycles. The molecule has 88 valence electrons. The van der Waals surface area contributed by atoms with Crippen LogP contribution in [0.25, 0.3) is 0 Å². The molecule has 1 aromatic carbocycles. The average Bonchev–Trinajstić information content (AvgIpc) is 2.27. The fourth-order valence-corrected chi connectivity index (χ4v) is 1.73. The van der Waals surface area contributed by atoms with Crippen LogP contribution < -0.4 is 5.32 Å². The van der Waals surface area contributed by atoms with E-state index in [1.165, 1.54) is 0 Å². The molecule has 0 aliphatic rings. The number of carbonyl (C=O) groups excluding carboxylic acids is 1. The first-order chi connectivity index (χ1) is 7.56. The fourth-order valence-electron chi connectivity index (χ4n) is 0.907. The van der Waals surface area contributed by atoms with E-state index >= 15 is 0 Å². The van der Waals surface area contributed by atoms with E-state index in [1.807, 2.05) is 0 Å². The Labute approximate surface area is 111 Å². The summed E-state index contributed by atoms with van der Waals surface area (Å²) < 4.78 is 5.24. The normalized spacial score (nSPS) is 10.0. The number of aliphatic hydroxyl groups is 1. The Hall–Kier alpha value is -0.490. The number of ether oxygens (including phenoxy) is 1. The van der Waals surface area contributed by atoms with Crippen LogP contribution in [-0.2, 0) is 4.74 Å². The second-order valence-corrected chi connectivity index (χ2v) is 4.32. The average molecular weight is 329 g/mol. The highest BCUT2D eigenvalue weighted by Gasteiger charge is 2.11. The number of rotatable bonds is 3. The summed E-state index contributed by atoms with van der Waals surface area (Å²) in [6.45, 7) is -0.310. The number of anilines is 1. The van der Waals surface area contributed by atoms with Gasteiger partial charge in [0.15, 0.2) is 0 Å². The molecule has 0 aliphatic heterocycles. The third-order valence-corrected chi connectivity index (χ3v) is 3.37. The third-order valence-electron chi connectivity index (χ3n) is 1.60. The van der Waals surface area contributed by atoms with Gasteiger partial charge in [0.05, 0.1) is 22.3 Å². The Bertz CT molecular complexity index is 401. The lowest BCUT2D eigenvalue weighted by atomic mass is 10.3. The zero-order valence-corrected chi connectivity index (χ0v) is 11.1. The van der Waals surface area contributed by atoms with Crippen molar-refractivity contribution in [3.8, 4) is 0 Å². The molecule has 0 heterocycles. The van der Waals surface area contributed by atoms with Gasteiger partial charge in [-0.1, -0.05) is 23.2 Å². The van der Waals surface area contributed by atoms with E-state index in [4.69, 9.17) is 28.3 Å². The molecule has 0 saturated carbocycles. The molecule has 0 unspecified atom stereocenters. The quantitative estimate of drug-likeness (QED) is 0.837. The van der Waals surface area contributed by atoms with E-state index < -0.39 is 6.09 Å². The van der Waals surface area contributed by atoms with Crippen LogP contribution in [0.4, 0.5) is 10.5 Å². The summed E-state index contributed by atoms with van der Waals surface area (Å²) in [6, 6.07) is 3.23. The molecule has 0 aliphatic carbocycles. The summed E-state index contributed by atoms with van der Waals surface area (Å²) in [6.07, 6.45) is -0.700. The molecular formula is C9H8BrCl2NO3. The van der Waals surface area contributed by atoms with Gasteiger partial charge in [-0.3, -0.25) is 5.32 Å². The summed E-state index contributed by atoms with van der Waals surface area (Å²) in [5.74, 6) is 0. The highest BCUT2D eigenvalue weighted by molar-refractivity contribution is 9.10. The molecule has 0 spiro atoms. The Balaban J connectivity index is 2.74. The minimum absolute atomic E-state index is 0.0757. The number of carbonyl (C=O) groups is 1. The predicted molar refractivity (Wildman–Crippen MR) is 66.2 cm³/mol. The van der Waals surface area contributed by atoms with Crippen LogP contribution in [0, 0.1) is 0 Å². The van der Waals surface area contributed by atoms with Gasteiger partial charge in [0.25, 0.3) is 0 Å². The van der Waals surface area contributed by atoms with Crippen molar-refractivity contribution in [1.29, 1.82) is 0 Å². The monoisotopic (exact) mass is 327 g/mol.